The first-order valence-electron chi connectivity index (χ1n) is 4.24. The van der Waals surface area contributed by atoms with Gasteiger partial charge >= 0.3 is 5.97 Å². The van der Waals surface area contributed by atoms with Crippen LogP contribution in [0.1, 0.15) is 16.8 Å². The summed E-state index contributed by atoms with van der Waals surface area (Å²) in [5.41, 5.74) is 0.0800. The van der Waals surface area contributed by atoms with Gasteiger partial charge in [0.25, 0.3) is 0 Å². The Hall–Kier alpha value is -1.66. The van der Waals surface area contributed by atoms with Crippen molar-refractivity contribution in [3.05, 3.63) is 28.8 Å². The van der Waals surface area contributed by atoms with Crippen LogP contribution in [-0.2, 0) is 0 Å². The predicted molar refractivity (Wildman–Crippen MR) is 57.4 cm³/mol. The van der Waals surface area contributed by atoms with Gasteiger partial charge in [-0.05, 0) is 18.2 Å². The average molecular weight is 225 g/mol. The van der Waals surface area contributed by atoms with E-state index in [-0.39, 0.29) is 17.9 Å². The van der Waals surface area contributed by atoms with E-state index in [9.17, 15) is 4.79 Å². The second kappa shape index (κ2) is 5.28. The number of hydrogen-bond acceptors (Lipinski definition) is 2. The van der Waals surface area contributed by atoms with Crippen molar-refractivity contribution >= 4 is 17.6 Å². The van der Waals surface area contributed by atoms with Crippen LogP contribution >= 0.6 is 11.6 Å². The predicted octanol–water partition coefficient (Wildman–Crippen LogP) is 2.44. The lowest BCUT2D eigenvalue weighted by molar-refractivity contribution is 0.0692. The number of hydrogen-bond donors (Lipinski definition) is 1. The molecule has 15 heavy (non-hydrogen) atoms. The van der Waals surface area contributed by atoms with Gasteiger partial charge in [0, 0.05) is 11.4 Å². The van der Waals surface area contributed by atoms with Crippen LogP contribution in [0.3, 0.4) is 0 Å². The normalized spacial score (nSPS) is 9.33. The molecule has 0 aliphatic heterocycles. The van der Waals surface area contributed by atoms with Gasteiger partial charge in [0.2, 0.25) is 0 Å². The summed E-state index contributed by atoms with van der Waals surface area (Å²) >= 11 is 5.72. The molecule has 0 fully saturated rings. The molecule has 1 aromatic rings. The molecular formula is C11H9ClO3. The van der Waals surface area contributed by atoms with Crippen molar-refractivity contribution in [2.24, 2.45) is 0 Å². The third-order valence-electron chi connectivity index (χ3n) is 1.68. The Labute approximate surface area is 92.6 Å². The monoisotopic (exact) mass is 224 g/mol. The molecule has 0 atom stereocenters. The Kier molecular flexibility index (Phi) is 4.02. The molecule has 0 heterocycles. The van der Waals surface area contributed by atoms with Gasteiger partial charge in [0.1, 0.15) is 11.3 Å². The topological polar surface area (TPSA) is 46.5 Å². The first-order chi connectivity index (χ1) is 7.15. The van der Waals surface area contributed by atoms with E-state index in [4.69, 9.17) is 27.9 Å². The van der Waals surface area contributed by atoms with Gasteiger partial charge in [-0.1, -0.05) is 11.6 Å². The molecule has 1 aromatic carbocycles. The lowest BCUT2D eigenvalue weighted by atomic mass is 10.2. The van der Waals surface area contributed by atoms with E-state index < -0.39 is 5.97 Å². The van der Waals surface area contributed by atoms with E-state index in [0.717, 1.165) is 0 Å². The van der Waals surface area contributed by atoms with Crippen molar-refractivity contribution in [3.63, 3.8) is 0 Å². The summed E-state index contributed by atoms with van der Waals surface area (Å²) in [6.07, 6.45) is 5.47. The quantitative estimate of drug-likeness (QED) is 0.631. The number of rotatable bonds is 4. The SMILES string of the molecule is C#CCCOc1cc(Cl)ccc1C(=O)O. The molecule has 0 radical (unpaired) electrons. The number of ether oxygens (including phenoxy) is 1. The highest BCUT2D eigenvalue weighted by molar-refractivity contribution is 6.30. The number of carboxylic acid groups (broad SMARTS) is 1. The van der Waals surface area contributed by atoms with Gasteiger partial charge < -0.3 is 9.84 Å². The van der Waals surface area contributed by atoms with E-state index in [1.807, 2.05) is 0 Å². The number of carboxylic acids is 1. The Bertz CT molecular complexity index is 407. The zero-order chi connectivity index (χ0) is 11.3. The van der Waals surface area contributed by atoms with Crippen molar-refractivity contribution in [2.45, 2.75) is 6.42 Å². The summed E-state index contributed by atoms with van der Waals surface area (Å²) < 4.78 is 5.21. The van der Waals surface area contributed by atoms with E-state index in [0.29, 0.717) is 11.4 Å². The second-order valence-electron chi connectivity index (χ2n) is 2.75. The van der Waals surface area contributed by atoms with E-state index >= 15 is 0 Å². The maximum atomic E-state index is 10.8. The molecule has 0 unspecified atom stereocenters. The molecule has 0 amide bonds. The molecule has 1 rings (SSSR count). The maximum absolute atomic E-state index is 10.8. The third kappa shape index (κ3) is 3.19. The van der Waals surface area contributed by atoms with Gasteiger partial charge in [-0.15, -0.1) is 12.3 Å². The number of halogens is 1. The van der Waals surface area contributed by atoms with Gasteiger partial charge in [-0.3, -0.25) is 0 Å². The van der Waals surface area contributed by atoms with Crippen molar-refractivity contribution in [3.8, 4) is 18.1 Å². The largest absolute Gasteiger partial charge is 0.492 e. The van der Waals surface area contributed by atoms with Gasteiger partial charge in [-0.2, -0.15) is 0 Å². The Morgan fingerprint density at radius 1 is 1.60 bits per heavy atom. The molecule has 0 saturated carbocycles. The van der Waals surface area contributed by atoms with Crippen LogP contribution in [0.2, 0.25) is 5.02 Å². The van der Waals surface area contributed by atoms with Crippen LogP contribution in [0.4, 0.5) is 0 Å². The minimum absolute atomic E-state index is 0.0800. The molecule has 0 aromatic heterocycles. The smallest absolute Gasteiger partial charge is 0.339 e. The first kappa shape index (κ1) is 11.4. The zero-order valence-electron chi connectivity index (χ0n) is 7.87. The fourth-order valence-electron chi connectivity index (χ4n) is 1.01. The summed E-state index contributed by atoms with van der Waals surface area (Å²) in [5.74, 6) is 1.58. The Morgan fingerprint density at radius 2 is 2.33 bits per heavy atom. The van der Waals surface area contributed by atoms with Crippen LogP contribution in [0.25, 0.3) is 0 Å². The van der Waals surface area contributed by atoms with Crippen LogP contribution in [0, 0.1) is 12.3 Å². The average Bonchev–Trinajstić information content (AvgIpc) is 2.18. The first-order valence-corrected chi connectivity index (χ1v) is 4.62. The van der Waals surface area contributed by atoms with Crippen LogP contribution in [-0.4, -0.2) is 17.7 Å². The summed E-state index contributed by atoms with van der Waals surface area (Å²) in [6, 6.07) is 4.36. The Morgan fingerprint density at radius 3 is 2.93 bits per heavy atom. The molecule has 0 saturated heterocycles. The maximum Gasteiger partial charge on any atom is 0.339 e. The highest BCUT2D eigenvalue weighted by Gasteiger charge is 2.11. The van der Waals surface area contributed by atoms with Crippen molar-refractivity contribution < 1.29 is 14.6 Å². The lowest BCUT2D eigenvalue weighted by Crippen LogP contribution is -2.03. The molecule has 1 N–H and O–H groups in total. The van der Waals surface area contributed by atoms with Gasteiger partial charge in [0.15, 0.2) is 0 Å². The summed E-state index contributed by atoms with van der Waals surface area (Å²) in [4.78, 5) is 10.8. The number of benzene rings is 1. The summed E-state index contributed by atoms with van der Waals surface area (Å²) in [6.45, 7) is 0.275. The number of aromatic carboxylic acids is 1. The van der Waals surface area contributed by atoms with Gasteiger partial charge in [-0.25, -0.2) is 4.79 Å². The minimum Gasteiger partial charge on any atom is -0.492 e. The molecule has 3 nitrogen and oxygen atoms in total. The molecule has 0 bridgehead atoms. The van der Waals surface area contributed by atoms with E-state index in [2.05, 4.69) is 5.92 Å². The molecule has 0 aliphatic rings. The second-order valence-corrected chi connectivity index (χ2v) is 3.18. The minimum atomic E-state index is -1.05. The number of terminal acetylenes is 1. The molecule has 4 heteroatoms. The molecule has 0 aliphatic carbocycles. The fraction of sp³-hybridized carbons (Fsp3) is 0.182. The zero-order valence-corrected chi connectivity index (χ0v) is 8.62. The Balaban J connectivity index is 2.88. The van der Waals surface area contributed by atoms with Crippen LogP contribution in [0.5, 0.6) is 5.75 Å². The lowest BCUT2D eigenvalue weighted by Gasteiger charge is -2.07. The van der Waals surface area contributed by atoms with E-state index in [1.54, 1.807) is 0 Å². The third-order valence-corrected chi connectivity index (χ3v) is 1.91. The standard InChI is InChI=1S/C11H9ClO3/c1-2-3-6-15-10-7-8(12)4-5-9(10)11(13)14/h1,4-5,7H,3,6H2,(H,13,14). The highest BCUT2D eigenvalue weighted by atomic mass is 35.5. The number of carbonyl (C=O) groups is 1. The fourth-order valence-corrected chi connectivity index (χ4v) is 1.17. The van der Waals surface area contributed by atoms with E-state index in [1.165, 1.54) is 18.2 Å². The molecule has 78 valence electrons. The summed E-state index contributed by atoms with van der Waals surface area (Å²) in [5, 5.41) is 9.28. The van der Waals surface area contributed by atoms with Crippen LogP contribution in [0.15, 0.2) is 18.2 Å². The van der Waals surface area contributed by atoms with Crippen molar-refractivity contribution in [2.75, 3.05) is 6.61 Å². The molecular weight excluding hydrogens is 216 g/mol. The highest BCUT2D eigenvalue weighted by Crippen LogP contribution is 2.23. The summed E-state index contributed by atoms with van der Waals surface area (Å²) in [7, 11) is 0. The van der Waals surface area contributed by atoms with Crippen molar-refractivity contribution in [1.82, 2.24) is 0 Å². The van der Waals surface area contributed by atoms with Crippen LogP contribution < -0.4 is 4.74 Å². The molecule has 0 spiro atoms. The van der Waals surface area contributed by atoms with Gasteiger partial charge in [0.05, 0.1) is 6.61 Å². The van der Waals surface area contributed by atoms with Crippen molar-refractivity contribution in [1.29, 1.82) is 0 Å².